The van der Waals surface area contributed by atoms with Gasteiger partial charge >= 0.3 is 5.97 Å². The molecule has 0 bridgehead atoms. The number of carbonyl (C=O) groups is 2. The lowest BCUT2D eigenvalue weighted by Gasteiger charge is -2.37. The van der Waals surface area contributed by atoms with E-state index in [1.165, 1.54) is 23.9 Å². The second-order valence-electron chi connectivity index (χ2n) is 6.00. The van der Waals surface area contributed by atoms with Crippen molar-refractivity contribution in [3.63, 3.8) is 0 Å². The molecule has 0 N–H and O–H groups in total. The topological polar surface area (TPSA) is 49.9 Å². The van der Waals surface area contributed by atoms with Gasteiger partial charge in [-0.2, -0.15) is 0 Å². The number of amides is 1. The van der Waals surface area contributed by atoms with E-state index in [1.807, 2.05) is 30.3 Å². The first-order valence-corrected chi connectivity index (χ1v) is 8.43. The highest BCUT2D eigenvalue weighted by molar-refractivity contribution is 5.94. The summed E-state index contributed by atoms with van der Waals surface area (Å²) in [6.45, 7) is 2.71. The number of hydrogen-bond acceptors (Lipinski definition) is 4. The first kappa shape index (κ1) is 17.0. The summed E-state index contributed by atoms with van der Waals surface area (Å²) in [7, 11) is 1.30. The zero-order valence-electron chi connectivity index (χ0n) is 14.4. The van der Waals surface area contributed by atoms with Crippen molar-refractivity contribution in [3.8, 4) is 11.1 Å². The molecule has 1 amide bonds. The molecule has 3 rings (SSSR count). The third-order valence-electron chi connectivity index (χ3n) is 4.49. The highest BCUT2D eigenvalue weighted by atomic mass is 16.5. The molecule has 130 valence electrons. The van der Waals surface area contributed by atoms with Crippen molar-refractivity contribution in [2.24, 2.45) is 0 Å². The molecule has 1 heterocycles. The van der Waals surface area contributed by atoms with Gasteiger partial charge in [0.25, 0.3) is 0 Å². The van der Waals surface area contributed by atoms with Gasteiger partial charge in [0, 0.05) is 37.4 Å². The fourth-order valence-electron chi connectivity index (χ4n) is 3.12. The summed E-state index contributed by atoms with van der Waals surface area (Å²) in [6, 6.07) is 18.6. The maximum absolute atomic E-state index is 12.1. The average Bonchev–Trinajstić information content (AvgIpc) is 2.68. The molecule has 5 nitrogen and oxygen atoms in total. The Morgan fingerprint density at radius 1 is 0.920 bits per heavy atom. The smallest absolute Gasteiger partial charge is 0.315 e. The minimum Gasteiger partial charge on any atom is -0.469 e. The lowest BCUT2D eigenvalue weighted by molar-refractivity contribution is -0.146. The number of piperazine rings is 1. The zero-order chi connectivity index (χ0) is 17.6. The van der Waals surface area contributed by atoms with Crippen LogP contribution in [0.15, 0.2) is 54.6 Å². The Hall–Kier alpha value is -2.82. The average molecular weight is 338 g/mol. The highest BCUT2D eigenvalue weighted by Gasteiger charge is 2.24. The fourth-order valence-corrected chi connectivity index (χ4v) is 3.12. The molecule has 2 aromatic rings. The summed E-state index contributed by atoms with van der Waals surface area (Å²) in [5.74, 6) is -0.648. The standard InChI is InChI=1S/C20H22N2O3/c1-25-20(24)15-19(23)22-13-11-21(12-14-22)18-10-6-5-9-17(18)16-7-3-2-4-8-16/h2-10H,11-15H2,1H3. The number of esters is 1. The molecule has 1 aliphatic heterocycles. The van der Waals surface area contributed by atoms with Gasteiger partial charge in [0.15, 0.2) is 0 Å². The van der Waals surface area contributed by atoms with Gasteiger partial charge in [-0.15, -0.1) is 0 Å². The third-order valence-corrected chi connectivity index (χ3v) is 4.49. The van der Waals surface area contributed by atoms with Crippen LogP contribution in [0.25, 0.3) is 11.1 Å². The number of nitrogens with zero attached hydrogens (tertiary/aromatic N) is 2. The molecule has 0 atom stereocenters. The van der Waals surface area contributed by atoms with Gasteiger partial charge in [-0.1, -0.05) is 48.5 Å². The number of ether oxygens (including phenoxy) is 1. The van der Waals surface area contributed by atoms with E-state index in [0.29, 0.717) is 13.1 Å². The molecule has 25 heavy (non-hydrogen) atoms. The number of benzene rings is 2. The second kappa shape index (κ2) is 7.83. The van der Waals surface area contributed by atoms with Gasteiger partial charge in [-0.25, -0.2) is 0 Å². The van der Waals surface area contributed by atoms with Crippen molar-refractivity contribution in [1.29, 1.82) is 0 Å². The van der Waals surface area contributed by atoms with Gasteiger partial charge < -0.3 is 14.5 Å². The van der Waals surface area contributed by atoms with Crippen LogP contribution in [-0.2, 0) is 14.3 Å². The summed E-state index contributed by atoms with van der Waals surface area (Å²) < 4.78 is 4.57. The van der Waals surface area contributed by atoms with Crippen molar-refractivity contribution in [1.82, 2.24) is 4.90 Å². The van der Waals surface area contributed by atoms with E-state index < -0.39 is 5.97 Å². The molecule has 1 fully saturated rings. The van der Waals surface area contributed by atoms with Crippen LogP contribution in [0.1, 0.15) is 6.42 Å². The third kappa shape index (κ3) is 3.99. The van der Waals surface area contributed by atoms with E-state index >= 15 is 0 Å². The Labute approximate surface area is 147 Å². The number of para-hydroxylation sites is 1. The summed E-state index contributed by atoms with van der Waals surface area (Å²) in [5, 5.41) is 0. The van der Waals surface area contributed by atoms with Crippen LogP contribution in [0.2, 0.25) is 0 Å². The predicted molar refractivity (Wildman–Crippen MR) is 97.3 cm³/mol. The van der Waals surface area contributed by atoms with E-state index in [-0.39, 0.29) is 12.3 Å². The van der Waals surface area contributed by atoms with Crippen molar-refractivity contribution in [2.45, 2.75) is 6.42 Å². The summed E-state index contributed by atoms with van der Waals surface area (Å²) >= 11 is 0. The molecule has 2 aromatic carbocycles. The summed E-state index contributed by atoms with van der Waals surface area (Å²) in [5.41, 5.74) is 3.55. The lowest BCUT2D eigenvalue weighted by Crippen LogP contribution is -2.49. The van der Waals surface area contributed by atoms with Gasteiger partial charge in [0.2, 0.25) is 5.91 Å². The molecule has 1 saturated heterocycles. The Morgan fingerprint density at radius 3 is 2.24 bits per heavy atom. The van der Waals surface area contributed by atoms with Crippen LogP contribution in [0.3, 0.4) is 0 Å². The van der Waals surface area contributed by atoms with Crippen LogP contribution in [0.4, 0.5) is 5.69 Å². The van der Waals surface area contributed by atoms with E-state index in [1.54, 1.807) is 4.90 Å². The molecule has 0 aliphatic carbocycles. The van der Waals surface area contributed by atoms with E-state index in [9.17, 15) is 9.59 Å². The van der Waals surface area contributed by atoms with Gasteiger partial charge in [0.1, 0.15) is 6.42 Å². The number of carbonyl (C=O) groups excluding carboxylic acids is 2. The van der Waals surface area contributed by atoms with Crippen molar-refractivity contribution < 1.29 is 14.3 Å². The summed E-state index contributed by atoms with van der Waals surface area (Å²) in [4.78, 5) is 27.4. The van der Waals surface area contributed by atoms with Crippen LogP contribution in [0, 0.1) is 0 Å². The quantitative estimate of drug-likeness (QED) is 0.635. The second-order valence-corrected chi connectivity index (χ2v) is 6.00. The highest BCUT2D eigenvalue weighted by Crippen LogP contribution is 2.31. The van der Waals surface area contributed by atoms with Crippen LogP contribution in [0.5, 0.6) is 0 Å². The number of hydrogen-bond donors (Lipinski definition) is 0. The van der Waals surface area contributed by atoms with Gasteiger partial charge in [-0.05, 0) is 11.6 Å². The lowest BCUT2D eigenvalue weighted by atomic mass is 10.0. The summed E-state index contributed by atoms with van der Waals surface area (Å²) in [6.07, 6.45) is -0.183. The first-order valence-electron chi connectivity index (χ1n) is 8.43. The normalized spacial score (nSPS) is 14.3. The van der Waals surface area contributed by atoms with Gasteiger partial charge in [0.05, 0.1) is 7.11 Å². The molecule has 0 radical (unpaired) electrons. The Morgan fingerprint density at radius 2 is 1.56 bits per heavy atom. The van der Waals surface area contributed by atoms with Crippen molar-refractivity contribution in [2.75, 3.05) is 38.2 Å². The molecule has 0 unspecified atom stereocenters. The minimum absolute atomic E-state index is 0.164. The fraction of sp³-hybridized carbons (Fsp3) is 0.300. The van der Waals surface area contributed by atoms with E-state index in [0.717, 1.165) is 13.1 Å². The Kier molecular flexibility index (Phi) is 5.33. The van der Waals surface area contributed by atoms with E-state index in [2.05, 4.69) is 33.9 Å². The largest absolute Gasteiger partial charge is 0.469 e. The van der Waals surface area contributed by atoms with Crippen LogP contribution in [-0.4, -0.2) is 50.1 Å². The SMILES string of the molecule is COC(=O)CC(=O)N1CCN(c2ccccc2-c2ccccc2)CC1. The zero-order valence-corrected chi connectivity index (χ0v) is 14.4. The minimum atomic E-state index is -0.484. The molecular weight excluding hydrogens is 316 g/mol. The maximum atomic E-state index is 12.1. The Balaban J connectivity index is 1.70. The van der Waals surface area contributed by atoms with Crippen molar-refractivity contribution >= 4 is 17.6 Å². The number of methoxy groups -OCH3 is 1. The Bertz CT molecular complexity index is 738. The van der Waals surface area contributed by atoms with Gasteiger partial charge in [-0.3, -0.25) is 9.59 Å². The predicted octanol–water partition coefficient (Wildman–Crippen LogP) is 2.57. The number of rotatable bonds is 4. The van der Waals surface area contributed by atoms with Crippen LogP contribution >= 0.6 is 0 Å². The molecular formula is C20H22N2O3. The molecule has 5 heteroatoms. The molecule has 0 saturated carbocycles. The molecule has 1 aliphatic rings. The van der Waals surface area contributed by atoms with Crippen molar-refractivity contribution in [3.05, 3.63) is 54.6 Å². The van der Waals surface area contributed by atoms with Crippen LogP contribution < -0.4 is 4.90 Å². The molecule has 0 aromatic heterocycles. The van der Waals surface area contributed by atoms with E-state index in [4.69, 9.17) is 0 Å². The first-order chi connectivity index (χ1) is 12.2. The maximum Gasteiger partial charge on any atom is 0.315 e. The number of anilines is 1. The molecule has 0 spiro atoms. The monoisotopic (exact) mass is 338 g/mol.